The van der Waals surface area contributed by atoms with Crippen LogP contribution in [0.5, 0.6) is 0 Å². The second-order valence-corrected chi connectivity index (χ2v) is 7.10. The number of nitrogens with one attached hydrogen (secondary N) is 2. The van der Waals surface area contributed by atoms with E-state index < -0.39 is 0 Å². The number of hydrogen-bond acceptors (Lipinski definition) is 7. The van der Waals surface area contributed by atoms with Crippen molar-refractivity contribution in [1.29, 1.82) is 0 Å². The molecule has 0 spiro atoms. The van der Waals surface area contributed by atoms with E-state index in [-0.39, 0.29) is 0 Å². The van der Waals surface area contributed by atoms with Crippen molar-refractivity contribution in [2.24, 2.45) is 0 Å². The summed E-state index contributed by atoms with van der Waals surface area (Å²) in [6, 6.07) is 9.83. The van der Waals surface area contributed by atoms with E-state index in [4.69, 9.17) is 16.6 Å². The Kier molecular flexibility index (Phi) is 3.92. The standard InChI is InChI=1S/C18H12ClN7S/c19-12-3-1-2-10-6-11(15(26-14(10)12)13-4-5-25-27-13)7-20-17-16-18(22-8-21-16)24-9-23-17/h1-6,8-9H,7H2,(H2,20,21,22,23,24). The first-order valence-electron chi connectivity index (χ1n) is 8.17. The number of halogens is 1. The average molecular weight is 394 g/mol. The maximum Gasteiger partial charge on any atom is 0.162 e. The molecule has 132 valence electrons. The van der Waals surface area contributed by atoms with Crippen LogP contribution < -0.4 is 5.32 Å². The van der Waals surface area contributed by atoms with Gasteiger partial charge in [0.1, 0.15) is 11.8 Å². The van der Waals surface area contributed by atoms with Crippen LogP contribution in [-0.2, 0) is 6.54 Å². The summed E-state index contributed by atoms with van der Waals surface area (Å²) in [6.07, 6.45) is 4.88. The molecule has 27 heavy (non-hydrogen) atoms. The number of H-pyrrole nitrogens is 1. The normalized spacial score (nSPS) is 11.3. The Labute approximate surface area is 162 Å². The summed E-state index contributed by atoms with van der Waals surface area (Å²) >= 11 is 7.75. The number of rotatable bonds is 4. The molecule has 1 aromatic carbocycles. The minimum absolute atomic E-state index is 0.529. The summed E-state index contributed by atoms with van der Waals surface area (Å²) in [4.78, 5) is 21.6. The third kappa shape index (κ3) is 2.88. The zero-order valence-electron chi connectivity index (χ0n) is 13.8. The fraction of sp³-hybridized carbons (Fsp3) is 0.0556. The number of aromatic amines is 1. The Morgan fingerprint density at radius 1 is 1.11 bits per heavy atom. The molecule has 0 aliphatic rings. The first-order chi connectivity index (χ1) is 13.3. The molecule has 0 saturated carbocycles. The van der Waals surface area contributed by atoms with Crippen molar-refractivity contribution < 1.29 is 0 Å². The van der Waals surface area contributed by atoms with Crippen molar-refractivity contribution >= 4 is 51.0 Å². The summed E-state index contributed by atoms with van der Waals surface area (Å²) < 4.78 is 4.21. The number of para-hydroxylation sites is 1. The van der Waals surface area contributed by atoms with E-state index in [2.05, 4.69) is 35.7 Å². The van der Waals surface area contributed by atoms with Gasteiger partial charge in [-0.1, -0.05) is 23.7 Å². The molecule has 5 rings (SSSR count). The second kappa shape index (κ2) is 6.57. The molecule has 0 atom stereocenters. The van der Waals surface area contributed by atoms with E-state index in [1.54, 1.807) is 12.5 Å². The van der Waals surface area contributed by atoms with Crippen LogP contribution in [0.3, 0.4) is 0 Å². The van der Waals surface area contributed by atoms with Gasteiger partial charge < -0.3 is 10.3 Å². The lowest BCUT2D eigenvalue weighted by atomic mass is 10.1. The van der Waals surface area contributed by atoms with Crippen molar-refractivity contribution in [2.45, 2.75) is 6.54 Å². The first-order valence-corrected chi connectivity index (χ1v) is 9.32. The fourth-order valence-corrected chi connectivity index (χ4v) is 3.81. The van der Waals surface area contributed by atoms with Crippen LogP contribution >= 0.6 is 23.1 Å². The largest absolute Gasteiger partial charge is 0.364 e. The topological polar surface area (TPSA) is 92.3 Å². The molecular weight excluding hydrogens is 382 g/mol. The maximum absolute atomic E-state index is 6.35. The molecule has 0 saturated heterocycles. The predicted molar refractivity (Wildman–Crippen MR) is 107 cm³/mol. The van der Waals surface area contributed by atoms with Gasteiger partial charge in [-0.25, -0.2) is 24.3 Å². The Balaban J connectivity index is 1.59. The summed E-state index contributed by atoms with van der Waals surface area (Å²) in [6.45, 7) is 0.529. The molecule has 0 unspecified atom stereocenters. The predicted octanol–water partition coefficient (Wildman–Crippen LogP) is 4.29. The summed E-state index contributed by atoms with van der Waals surface area (Å²) in [5, 5.41) is 4.97. The zero-order valence-corrected chi connectivity index (χ0v) is 15.4. The van der Waals surface area contributed by atoms with Gasteiger partial charge in [-0.3, -0.25) is 0 Å². The quantitative estimate of drug-likeness (QED) is 0.473. The second-order valence-electron chi connectivity index (χ2n) is 5.86. The van der Waals surface area contributed by atoms with Crippen molar-refractivity contribution in [3.05, 3.63) is 59.8 Å². The number of nitrogens with zero attached hydrogens (tertiary/aromatic N) is 5. The monoisotopic (exact) mass is 393 g/mol. The number of benzene rings is 1. The molecule has 9 heteroatoms. The molecule has 0 amide bonds. The molecule has 5 aromatic rings. The Morgan fingerprint density at radius 3 is 2.96 bits per heavy atom. The van der Waals surface area contributed by atoms with Gasteiger partial charge in [-0.2, -0.15) is 0 Å². The van der Waals surface area contributed by atoms with E-state index in [0.29, 0.717) is 28.5 Å². The minimum atomic E-state index is 0.529. The number of imidazole rings is 1. The van der Waals surface area contributed by atoms with Crippen LogP contribution in [0.2, 0.25) is 5.02 Å². The van der Waals surface area contributed by atoms with Gasteiger partial charge in [-0.05, 0) is 35.3 Å². The number of anilines is 1. The molecule has 0 bridgehead atoms. The summed E-state index contributed by atoms with van der Waals surface area (Å²) in [7, 11) is 0. The van der Waals surface area contributed by atoms with Crippen LogP contribution in [0.4, 0.5) is 5.82 Å². The van der Waals surface area contributed by atoms with Crippen molar-refractivity contribution in [1.82, 2.24) is 29.3 Å². The van der Waals surface area contributed by atoms with Gasteiger partial charge in [0.25, 0.3) is 0 Å². The van der Waals surface area contributed by atoms with Crippen LogP contribution in [0.15, 0.2) is 49.2 Å². The molecule has 7 nitrogen and oxygen atoms in total. The van der Waals surface area contributed by atoms with E-state index in [9.17, 15) is 0 Å². The SMILES string of the molecule is Clc1cccc2cc(CNc3ncnc4[nH]cnc34)c(-c3ccns3)nc12. The Bertz CT molecular complexity index is 1250. The van der Waals surface area contributed by atoms with Crippen LogP contribution in [0, 0.1) is 0 Å². The van der Waals surface area contributed by atoms with Gasteiger partial charge in [0, 0.05) is 18.1 Å². The van der Waals surface area contributed by atoms with Crippen molar-refractivity contribution in [3.63, 3.8) is 0 Å². The molecule has 0 radical (unpaired) electrons. The van der Waals surface area contributed by atoms with Gasteiger partial charge in [-0.15, -0.1) is 0 Å². The Hall–Kier alpha value is -3.10. The maximum atomic E-state index is 6.35. The third-order valence-corrected chi connectivity index (χ3v) is 5.27. The zero-order chi connectivity index (χ0) is 18.2. The highest BCUT2D eigenvalue weighted by molar-refractivity contribution is 7.09. The van der Waals surface area contributed by atoms with E-state index in [1.807, 2.05) is 24.3 Å². The third-order valence-electron chi connectivity index (χ3n) is 4.21. The minimum Gasteiger partial charge on any atom is -0.364 e. The lowest BCUT2D eigenvalue weighted by molar-refractivity contribution is 1.09. The Morgan fingerprint density at radius 2 is 2.07 bits per heavy atom. The number of hydrogen-bond donors (Lipinski definition) is 2. The summed E-state index contributed by atoms with van der Waals surface area (Å²) in [5.74, 6) is 0.669. The highest BCUT2D eigenvalue weighted by atomic mass is 35.5. The highest BCUT2D eigenvalue weighted by Crippen LogP contribution is 2.31. The van der Waals surface area contributed by atoms with Crippen molar-refractivity contribution in [2.75, 3.05) is 5.32 Å². The van der Waals surface area contributed by atoms with Crippen molar-refractivity contribution in [3.8, 4) is 10.6 Å². The van der Waals surface area contributed by atoms with Gasteiger partial charge in [0.05, 0.1) is 27.4 Å². The molecule has 0 aliphatic carbocycles. The van der Waals surface area contributed by atoms with E-state index >= 15 is 0 Å². The molecular formula is C18H12ClN7S. The van der Waals surface area contributed by atoms with Gasteiger partial charge >= 0.3 is 0 Å². The van der Waals surface area contributed by atoms with Gasteiger partial charge in [0.2, 0.25) is 0 Å². The molecule has 0 aliphatic heterocycles. The molecule has 2 N–H and O–H groups in total. The number of fused-ring (bicyclic) bond motifs is 2. The van der Waals surface area contributed by atoms with Crippen LogP contribution in [0.1, 0.15) is 5.56 Å². The summed E-state index contributed by atoms with van der Waals surface area (Å²) in [5.41, 5.74) is 4.06. The molecule has 0 fully saturated rings. The number of aromatic nitrogens is 6. The average Bonchev–Trinajstić information content (AvgIpc) is 3.38. The smallest absolute Gasteiger partial charge is 0.162 e. The first kappa shape index (κ1) is 16.1. The highest BCUT2D eigenvalue weighted by Gasteiger charge is 2.14. The number of pyridine rings is 1. The van der Waals surface area contributed by atoms with E-state index in [0.717, 1.165) is 27.0 Å². The lowest BCUT2D eigenvalue weighted by Gasteiger charge is -2.12. The fourth-order valence-electron chi connectivity index (χ4n) is 2.97. The lowest BCUT2D eigenvalue weighted by Crippen LogP contribution is -2.05. The van der Waals surface area contributed by atoms with Crippen LogP contribution in [-0.4, -0.2) is 29.3 Å². The van der Waals surface area contributed by atoms with E-state index in [1.165, 1.54) is 17.9 Å². The van der Waals surface area contributed by atoms with Gasteiger partial charge in [0.15, 0.2) is 11.5 Å². The molecule has 4 heterocycles. The van der Waals surface area contributed by atoms with Crippen LogP contribution in [0.25, 0.3) is 32.6 Å². The molecule has 4 aromatic heterocycles.